The van der Waals surface area contributed by atoms with Gasteiger partial charge in [0.2, 0.25) is 5.91 Å². The lowest BCUT2D eigenvalue weighted by molar-refractivity contribution is -0.132. The molecule has 0 aromatic heterocycles. The minimum atomic E-state index is 0.221. The second kappa shape index (κ2) is 5.54. The maximum absolute atomic E-state index is 12.1. The van der Waals surface area contributed by atoms with Gasteiger partial charge in [-0.05, 0) is 36.5 Å². The SMILES string of the molecule is CC1CCCN(C(=O)Cc2cccc(Cl)c2)C1. The predicted molar refractivity (Wildman–Crippen MR) is 70.1 cm³/mol. The highest BCUT2D eigenvalue weighted by Crippen LogP contribution is 2.17. The number of rotatable bonds is 2. The number of carbonyl (C=O) groups is 1. The molecule has 1 fully saturated rings. The van der Waals surface area contributed by atoms with E-state index in [4.69, 9.17) is 11.6 Å². The molecule has 1 amide bonds. The van der Waals surface area contributed by atoms with Gasteiger partial charge in [-0.15, -0.1) is 0 Å². The molecule has 1 unspecified atom stereocenters. The first-order chi connectivity index (χ1) is 8.15. The van der Waals surface area contributed by atoms with Crippen LogP contribution in [0.25, 0.3) is 0 Å². The zero-order valence-corrected chi connectivity index (χ0v) is 10.9. The lowest BCUT2D eigenvalue weighted by Crippen LogP contribution is -2.39. The van der Waals surface area contributed by atoms with Crippen molar-refractivity contribution in [2.45, 2.75) is 26.2 Å². The molecule has 2 rings (SSSR count). The van der Waals surface area contributed by atoms with E-state index in [0.717, 1.165) is 25.1 Å². The molecule has 92 valence electrons. The van der Waals surface area contributed by atoms with Gasteiger partial charge in [-0.1, -0.05) is 30.7 Å². The Hall–Kier alpha value is -1.02. The Morgan fingerprint density at radius 3 is 3.06 bits per heavy atom. The van der Waals surface area contributed by atoms with Gasteiger partial charge >= 0.3 is 0 Å². The molecule has 1 aliphatic rings. The fraction of sp³-hybridized carbons (Fsp3) is 0.500. The number of hydrogen-bond acceptors (Lipinski definition) is 1. The summed E-state index contributed by atoms with van der Waals surface area (Å²) < 4.78 is 0. The standard InChI is InChI=1S/C14H18ClNO/c1-11-4-3-7-16(10-11)14(17)9-12-5-2-6-13(15)8-12/h2,5-6,8,11H,3-4,7,9-10H2,1H3. The molecule has 0 spiro atoms. The summed E-state index contributed by atoms with van der Waals surface area (Å²) in [4.78, 5) is 14.1. The number of carbonyl (C=O) groups excluding carboxylic acids is 1. The van der Waals surface area contributed by atoms with Gasteiger partial charge in [0.25, 0.3) is 0 Å². The molecule has 3 heteroatoms. The molecular weight excluding hydrogens is 234 g/mol. The van der Waals surface area contributed by atoms with Crippen molar-refractivity contribution in [1.29, 1.82) is 0 Å². The third kappa shape index (κ3) is 3.47. The van der Waals surface area contributed by atoms with E-state index in [-0.39, 0.29) is 5.91 Å². The minimum absolute atomic E-state index is 0.221. The van der Waals surface area contributed by atoms with E-state index < -0.39 is 0 Å². The Morgan fingerprint density at radius 2 is 2.35 bits per heavy atom. The van der Waals surface area contributed by atoms with Crippen LogP contribution in [0.3, 0.4) is 0 Å². The number of nitrogens with zero attached hydrogens (tertiary/aromatic N) is 1. The Bertz CT molecular complexity index is 405. The van der Waals surface area contributed by atoms with Crippen molar-refractivity contribution in [3.63, 3.8) is 0 Å². The Balaban J connectivity index is 1.96. The lowest BCUT2D eigenvalue weighted by atomic mass is 9.99. The van der Waals surface area contributed by atoms with Crippen LogP contribution in [0.2, 0.25) is 5.02 Å². The van der Waals surface area contributed by atoms with E-state index in [1.165, 1.54) is 6.42 Å². The van der Waals surface area contributed by atoms with Crippen LogP contribution in [0.4, 0.5) is 0 Å². The normalized spacial score (nSPS) is 20.4. The molecule has 1 aromatic carbocycles. The van der Waals surface area contributed by atoms with Crippen molar-refractivity contribution in [1.82, 2.24) is 4.90 Å². The topological polar surface area (TPSA) is 20.3 Å². The molecule has 0 radical (unpaired) electrons. The highest BCUT2D eigenvalue weighted by atomic mass is 35.5. The zero-order chi connectivity index (χ0) is 12.3. The molecule has 1 heterocycles. The van der Waals surface area contributed by atoms with E-state index in [0.29, 0.717) is 17.4 Å². The number of hydrogen-bond donors (Lipinski definition) is 0. The summed E-state index contributed by atoms with van der Waals surface area (Å²) in [5, 5.41) is 0.697. The summed E-state index contributed by atoms with van der Waals surface area (Å²) in [6.07, 6.45) is 2.83. The van der Waals surface area contributed by atoms with E-state index >= 15 is 0 Å². The van der Waals surface area contributed by atoms with Gasteiger partial charge in [-0.2, -0.15) is 0 Å². The quantitative estimate of drug-likeness (QED) is 0.791. The van der Waals surface area contributed by atoms with E-state index in [1.807, 2.05) is 29.2 Å². The number of piperidine rings is 1. The molecule has 17 heavy (non-hydrogen) atoms. The zero-order valence-electron chi connectivity index (χ0n) is 10.2. The van der Waals surface area contributed by atoms with E-state index in [1.54, 1.807) is 0 Å². The highest BCUT2D eigenvalue weighted by molar-refractivity contribution is 6.30. The van der Waals surface area contributed by atoms with E-state index in [2.05, 4.69) is 6.92 Å². The Kier molecular flexibility index (Phi) is 4.06. The first-order valence-electron chi connectivity index (χ1n) is 6.17. The van der Waals surface area contributed by atoms with Gasteiger partial charge in [0.15, 0.2) is 0 Å². The number of likely N-dealkylation sites (tertiary alicyclic amines) is 1. The van der Waals surface area contributed by atoms with Crippen LogP contribution in [-0.4, -0.2) is 23.9 Å². The van der Waals surface area contributed by atoms with Crippen molar-refractivity contribution < 1.29 is 4.79 Å². The van der Waals surface area contributed by atoms with Gasteiger partial charge in [0.05, 0.1) is 6.42 Å². The molecular formula is C14H18ClNO. The first-order valence-corrected chi connectivity index (χ1v) is 6.55. The van der Waals surface area contributed by atoms with Crippen LogP contribution in [-0.2, 0) is 11.2 Å². The minimum Gasteiger partial charge on any atom is -0.342 e. The monoisotopic (exact) mass is 251 g/mol. The van der Waals surface area contributed by atoms with Gasteiger partial charge in [0.1, 0.15) is 0 Å². The van der Waals surface area contributed by atoms with Gasteiger partial charge in [-0.25, -0.2) is 0 Å². The fourth-order valence-electron chi connectivity index (χ4n) is 2.35. The van der Waals surface area contributed by atoms with Gasteiger partial charge in [0, 0.05) is 18.1 Å². The molecule has 1 aliphatic heterocycles. The number of halogens is 1. The Labute approximate surface area is 108 Å². The largest absolute Gasteiger partial charge is 0.342 e. The van der Waals surface area contributed by atoms with Crippen molar-refractivity contribution in [3.05, 3.63) is 34.9 Å². The third-order valence-corrected chi connectivity index (χ3v) is 3.49. The second-order valence-electron chi connectivity index (χ2n) is 4.89. The third-order valence-electron chi connectivity index (χ3n) is 3.25. The van der Waals surface area contributed by atoms with Crippen molar-refractivity contribution in [3.8, 4) is 0 Å². The second-order valence-corrected chi connectivity index (χ2v) is 5.33. The molecule has 1 aromatic rings. The number of amides is 1. The maximum atomic E-state index is 12.1. The predicted octanol–water partition coefficient (Wildman–Crippen LogP) is 3.14. The average Bonchev–Trinajstić information content (AvgIpc) is 2.29. The molecule has 0 aliphatic carbocycles. The van der Waals surface area contributed by atoms with Gasteiger partial charge in [-0.3, -0.25) is 4.79 Å². The fourth-order valence-corrected chi connectivity index (χ4v) is 2.56. The summed E-state index contributed by atoms with van der Waals surface area (Å²) in [6.45, 7) is 4.02. The van der Waals surface area contributed by atoms with Crippen LogP contribution < -0.4 is 0 Å². The maximum Gasteiger partial charge on any atom is 0.226 e. The van der Waals surface area contributed by atoms with Crippen molar-refractivity contribution >= 4 is 17.5 Å². The smallest absolute Gasteiger partial charge is 0.226 e. The van der Waals surface area contributed by atoms with Crippen LogP contribution >= 0.6 is 11.6 Å². The van der Waals surface area contributed by atoms with Crippen molar-refractivity contribution in [2.75, 3.05) is 13.1 Å². The highest BCUT2D eigenvalue weighted by Gasteiger charge is 2.20. The summed E-state index contributed by atoms with van der Waals surface area (Å²) in [6, 6.07) is 7.55. The number of benzene rings is 1. The molecule has 0 saturated carbocycles. The summed E-state index contributed by atoms with van der Waals surface area (Å²) in [5.41, 5.74) is 1.00. The first kappa shape index (κ1) is 12.4. The molecule has 0 bridgehead atoms. The molecule has 0 N–H and O–H groups in total. The molecule has 1 atom stereocenters. The van der Waals surface area contributed by atoms with Gasteiger partial charge < -0.3 is 4.90 Å². The van der Waals surface area contributed by atoms with Crippen LogP contribution in [0.1, 0.15) is 25.3 Å². The van der Waals surface area contributed by atoms with Crippen molar-refractivity contribution in [2.24, 2.45) is 5.92 Å². The molecule has 2 nitrogen and oxygen atoms in total. The van der Waals surface area contributed by atoms with Crippen LogP contribution in [0, 0.1) is 5.92 Å². The summed E-state index contributed by atoms with van der Waals surface area (Å²) in [7, 11) is 0. The summed E-state index contributed by atoms with van der Waals surface area (Å²) >= 11 is 5.91. The van der Waals surface area contributed by atoms with Crippen LogP contribution in [0.5, 0.6) is 0 Å². The molecule has 1 saturated heterocycles. The average molecular weight is 252 g/mol. The lowest BCUT2D eigenvalue weighted by Gasteiger charge is -2.31. The van der Waals surface area contributed by atoms with Crippen LogP contribution in [0.15, 0.2) is 24.3 Å². The summed E-state index contributed by atoms with van der Waals surface area (Å²) in [5.74, 6) is 0.853. The Morgan fingerprint density at radius 1 is 1.53 bits per heavy atom. The van der Waals surface area contributed by atoms with E-state index in [9.17, 15) is 4.79 Å².